The van der Waals surface area contributed by atoms with Crippen LogP contribution in [0.15, 0.2) is 74.2 Å². The van der Waals surface area contributed by atoms with Gasteiger partial charge in [0.25, 0.3) is 0 Å². The molecule has 0 bridgehead atoms. The fourth-order valence-electron chi connectivity index (χ4n) is 5.97. The smallest absolute Gasteiger partial charge is 0.305 e. The van der Waals surface area contributed by atoms with Gasteiger partial charge in [-0.25, -0.2) is 0 Å². The number of methoxy groups -OCH3 is 2. The maximum Gasteiger partial charge on any atom is 0.305 e. The summed E-state index contributed by atoms with van der Waals surface area (Å²) in [6.07, 6.45) is 0. The third kappa shape index (κ3) is 9.48. The van der Waals surface area contributed by atoms with Crippen LogP contribution in [-0.4, -0.2) is 72.7 Å². The second-order valence-electron chi connectivity index (χ2n) is 12.3. The van der Waals surface area contributed by atoms with Crippen LogP contribution in [0.2, 0.25) is 5.02 Å². The molecule has 0 aliphatic rings. The number of hydrogen-bond acceptors (Lipinski definition) is 18. The zero-order valence-electron chi connectivity index (χ0n) is 32.5. The fourth-order valence-corrected chi connectivity index (χ4v) is 10.1. The molecule has 6 aromatic rings. The molecule has 0 amide bonds. The third-order valence-electron chi connectivity index (χ3n) is 8.89. The molecule has 0 fully saturated rings. The van der Waals surface area contributed by atoms with Gasteiger partial charge in [-0.3, -0.25) is 4.55 Å². The molecular weight excluding hydrogens is 842 g/mol. The molecule has 16 nitrogen and oxygen atoms in total. The van der Waals surface area contributed by atoms with Crippen molar-refractivity contribution in [1.82, 2.24) is 19.3 Å². The summed E-state index contributed by atoms with van der Waals surface area (Å²) in [7, 11) is -1.39. The number of nitrogens with two attached hydrogens (primary N) is 1. The molecule has 0 unspecified atom stereocenters. The van der Waals surface area contributed by atoms with E-state index in [0.717, 1.165) is 52.9 Å². The third-order valence-corrected chi connectivity index (χ3v) is 13.7. The standard InChI is InChI=1S/C37H42ClN11O5S4/c1-7-48(8-2)26-17-23(22(39)16-28(26)53-5)40-35-42-36(44-37(43-35)55-20-21-14-12-11-13-15-21)41-24-18-27(49(9-3)10-4)29(54-6)19-25(24)45-46-32-30-31(38)34(58(50,51)52)56-33(30)47-57-32/h11-19H,7-10,20,39H2,1-6H3,(H,50,51,52)(H2,40,41,42,43,44). The van der Waals surface area contributed by atoms with Crippen LogP contribution < -0.4 is 35.6 Å². The number of hydrogen-bond donors (Lipinski definition) is 4. The van der Waals surface area contributed by atoms with Crippen LogP contribution in [0, 0.1) is 0 Å². The second-order valence-corrected chi connectivity index (χ2v) is 17.0. The Morgan fingerprint density at radius 3 is 2.03 bits per heavy atom. The fraction of sp³-hybridized carbons (Fsp3) is 0.297. The van der Waals surface area contributed by atoms with Gasteiger partial charge in [0.15, 0.2) is 14.4 Å². The van der Waals surface area contributed by atoms with Crippen molar-refractivity contribution in [3.63, 3.8) is 0 Å². The lowest BCUT2D eigenvalue weighted by Crippen LogP contribution is -2.22. The molecular formula is C37H42ClN11O5S4. The van der Waals surface area contributed by atoms with Crippen LogP contribution in [0.5, 0.6) is 11.5 Å². The zero-order valence-corrected chi connectivity index (χ0v) is 36.5. The second kappa shape index (κ2) is 18.7. The Balaban J connectivity index is 1.45. The first-order valence-electron chi connectivity index (χ1n) is 18.0. The number of fused-ring (bicyclic) bond motifs is 1. The number of nitrogen functional groups attached to an aromatic ring is 1. The van der Waals surface area contributed by atoms with Gasteiger partial charge in [0.05, 0.1) is 53.1 Å². The predicted octanol–water partition coefficient (Wildman–Crippen LogP) is 9.93. The zero-order chi connectivity index (χ0) is 41.6. The summed E-state index contributed by atoms with van der Waals surface area (Å²) in [6, 6.07) is 17.3. The summed E-state index contributed by atoms with van der Waals surface area (Å²) in [6.45, 7) is 11.1. The van der Waals surface area contributed by atoms with Crippen LogP contribution >= 0.6 is 46.2 Å². The summed E-state index contributed by atoms with van der Waals surface area (Å²) in [4.78, 5) is 19.0. The van der Waals surface area contributed by atoms with Crippen LogP contribution in [0.4, 0.5) is 51.0 Å². The highest BCUT2D eigenvalue weighted by Crippen LogP contribution is 2.47. The van der Waals surface area contributed by atoms with Crippen molar-refractivity contribution in [2.75, 3.05) is 66.6 Å². The van der Waals surface area contributed by atoms with Gasteiger partial charge in [-0.05, 0) is 56.9 Å². The highest BCUT2D eigenvalue weighted by molar-refractivity contribution is 7.98. The van der Waals surface area contributed by atoms with Gasteiger partial charge in [0.2, 0.25) is 11.9 Å². The van der Waals surface area contributed by atoms with Gasteiger partial charge >= 0.3 is 10.1 Å². The van der Waals surface area contributed by atoms with Crippen molar-refractivity contribution in [1.29, 1.82) is 0 Å². The number of aromatic nitrogens is 4. The maximum atomic E-state index is 12.0. The molecule has 3 heterocycles. The number of halogens is 1. The van der Waals surface area contributed by atoms with Crippen LogP contribution in [-0.2, 0) is 15.9 Å². The predicted molar refractivity (Wildman–Crippen MR) is 236 cm³/mol. The van der Waals surface area contributed by atoms with E-state index in [-0.39, 0.29) is 27.3 Å². The molecule has 0 saturated heterocycles. The van der Waals surface area contributed by atoms with Crippen molar-refractivity contribution in [2.24, 2.45) is 10.2 Å². The molecule has 21 heteroatoms. The number of thioether (sulfide) groups is 1. The normalized spacial score (nSPS) is 11.7. The van der Waals surface area contributed by atoms with Crippen LogP contribution in [0.3, 0.4) is 0 Å². The molecule has 3 aromatic heterocycles. The summed E-state index contributed by atoms with van der Waals surface area (Å²) < 4.78 is 49.0. The van der Waals surface area contributed by atoms with E-state index in [2.05, 4.69) is 48.9 Å². The number of azo groups is 1. The Hall–Kier alpha value is -4.99. The number of ether oxygens (including phenoxy) is 2. The maximum absolute atomic E-state index is 12.0. The average Bonchev–Trinajstić information content (AvgIpc) is 3.78. The van der Waals surface area contributed by atoms with E-state index in [1.807, 2.05) is 56.3 Å². The Morgan fingerprint density at radius 1 is 0.862 bits per heavy atom. The summed E-state index contributed by atoms with van der Waals surface area (Å²) in [5, 5.41) is 16.5. The lowest BCUT2D eigenvalue weighted by Gasteiger charge is -2.25. The van der Waals surface area contributed by atoms with E-state index in [1.165, 1.54) is 11.8 Å². The van der Waals surface area contributed by atoms with Crippen LogP contribution in [0.25, 0.3) is 10.2 Å². The molecule has 306 valence electrons. The van der Waals surface area contributed by atoms with E-state index >= 15 is 0 Å². The van der Waals surface area contributed by atoms with Gasteiger partial charge in [0, 0.05) is 44.1 Å². The number of thiophene rings is 1. The first kappa shape index (κ1) is 42.6. The van der Waals surface area contributed by atoms with Crippen molar-refractivity contribution < 1.29 is 22.4 Å². The molecule has 0 atom stereocenters. The molecule has 0 saturated carbocycles. The summed E-state index contributed by atoms with van der Waals surface area (Å²) >= 11 is 9.59. The van der Waals surface area contributed by atoms with E-state index in [4.69, 9.17) is 41.8 Å². The van der Waals surface area contributed by atoms with Crippen LogP contribution in [0.1, 0.15) is 33.3 Å². The van der Waals surface area contributed by atoms with Crippen molar-refractivity contribution in [3.05, 3.63) is 65.2 Å². The molecule has 58 heavy (non-hydrogen) atoms. The van der Waals surface area contributed by atoms with Crippen molar-refractivity contribution >= 4 is 118 Å². The monoisotopic (exact) mass is 883 g/mol. The first-order valence-corrected chi connectivity index (χ1v) is 22.4. The minimum absolute atomic E-state index is 0.175. The minimum Gasteiger partial charge on any atom is -0.495 e. The summed E-state index contributed by atoms with van der Waals surface area (Å²) in [5.41, 5.74) is 11.1. The minimum atomic E-state index is -4.57. The van der Waals surface area contributed by atoms with Gasteiger partial charge < -0.3 is 35.6 Å². The molecule has 3 aromatic carbocycles. The Kier molecular flexibility index (Phi) is 13.8. The quantitative estimate of drug-likeness (QED) is 0.0274. The molecule has 0 aliphatic carbocycles. The Morgan fingerprint density at radius 2 is 1.45 bits per heavy atom. The number of anilines is 7. The highest BCUT2D eigenvalue weighted by Gasteiger charge is 2.25. The van der Waals surface area contributed by atoms with Crippen molar-refractivity contribution in [3.8, 4) is 11.5 Å². The molecule has 6 rings (SSSR count). The molecule has 5 N–H and O–H groups in total. The van der Waals surface area contributed by atoms with E-state index < -0.39 is 14.3 Å². The van der Waals surface area contributed by atoms with E-state index in [1.54, 1.807) is 26.4 Å². The van der Waals surface area contributed by atoms with Gasteiger partial charge in [-0.15, -0.1) is 10.2 Å². The number of rotatable bonds is 18. The highest BCUT2D eigenvalue weighted by atomic mass is 35.5. The van der Waals surface area contributed by atoms with Gasteiger partial charge in [-0.2, -0.15) is 27.7 Å². The number of nitrogens with one attached hydrogen (secondary N) is 2. The van der Waals surface area contributed by atoms with Gasteiger partial charge in [-0.1, -0.05) is 65.0 Å². The molecule has 0 radical (unpaired) electrons. The SMILES string of the molecule is CCN(CC)c1cc(Nc2nc(Nc3cc(N(CC)CC)c(OC)cc3N=Nc3snc4sc(S(=O)(=O)O)c(Cl)c34)nc(SCc3ccccc3)n2)c(N)cc1OC. The lowest BCUT2D eigenvalue weighted by molar-refractivity contribution is 0.414. The topological polar surface area (TPSA) is 206 Å². The Labute approximate surface area is 353 Å². The van der Waals surface area contributed by atoms with E-state index in [9.17, 15) is 13.0 Å². The lowest BCUT2D eigenvalue weighted by atomic mass is 10.2. The Bertz CT molecular complexity index is 2530. The van der Waals surface area contributed by atoms with E-state index in [0.29, 0.717) is 63.1 Å². The first-order chi connectivity index (χ1) is 27.9. The largest absolute Gasteiger partial charge is 0.495 e. The van der Waals surface area contributed by atoms with Gasteiger partial charge in [0.1, 0.15) is 22.0 Å². The average molecular weight is 885 g/mol. The van der Waals surface area contributed by atoms with Crippen molar-refractivity contribution in [2.45, 2.75) is 42.8 Å². The summed E-state index contributed by atoms with van der Waals surface area (Å²) in [5.74, 6) is 2.23. The molecule has 0 spiro atoms. The molecule has 0 aliphatic heterocycles. The number of benzene rings is 3. The number of nitrogens with zero attached hydrogens (tertiary/aromatic N) is 8.